The Labute approximate surface area is 106 Å². The van der Waals surface area contributed by atoms with Gasteiger partial charge in [-0.3, -0.25) is 4.79 Å². The van der Waals surface area contributed by atoms with Gasteiger partial charge in [0.05, 0.1) is 5.92 Å². The molecule has 0 unspecified atom stereocenters. The summed E-state index contributed by atoms with van der Waals surface area (Å²) in [5, 5.41) is 11.3. The SMILES string of the molecule is C[C@H](C(=O)O)[C@@H](C)NC(=O)OCc1ccccc1. The summed E-state index contributed by atoms with van der Waals surface area (Å²) in [6, 6.07) is 8.79. The van der Waals surface area contributed by atoms with Gasteiger partial charge in [0.2, 0.25) is 0 Å². The summed E-state index contributed by atoms with van der Waals surface area (Å²) < 4.78 is 4.99. The van der Waals surface area contributed by atoms with E-state index in [9.17, 15) is 9.59 Å². The summed E-state index contributed by atoms with van der Waals surface area (Å²) in [6.07, 6.45) is -0.612. The largest absolute Gasteiger partial charge is 0.481 e. The highest BCUT2D eigenvalue weighted by molar-refractivity contribution is 5.73. The van der Waals surface area contributed by atoms with Gasteiger partial charge in [0.1, 0.15) is 6.61 Å². The number of aliphatic carboxylic acids is 1. The van der Waals surface area contributed by atoms with Crippen LogP contribution < -0.4 is 5.32 Å². The molecule has 0 bridgehead atoms. The third kappa shape index (κ3) is 4.45. The number of benzene rings is 1. The van der Waals surface area contributed by atoms with E-state index in [-0.39, 0.29) is 6.61 Å². The zero-order chi connectivity index (χ0) is 13.5. The van der Waals surface area contributed by atoms with Crippen molar-refractivity contribution >= 4 is 12.1 Å². The van der Waals surface area contributed by atoms with Gasteiger partial charge in [-0.25, -0.2) is 4.79 Å². The van der Waals surface area contributed by atoms with Crippen molar-refractivity contribution in [1.29, 1.82) is 0 Å². The normalized spacial score (nSPS) is 13.4. The maximum Gasteiger partial charge on any atom is 0.407 e. The smallest absolute Gasteiger partial charge is 0.407 e. The van der Waals surface area contributed by atoms with Crippen LogP contribution in [0.3, 0.4) is 0 Å². The molecule has 1 aromatic carbocycles. The van der Waals surface area contributed by atoms with Gasteiger partial charge < -0.3 is 15.2 Å². The molecule has 1 amide bonds. The third-order valence-electron chi connectivity index (χ3n) is 2.70. The summed E-state index contributed by atoms with van der Waals surface area (Å²) in [5.74, 6) is -1.61. The van der Waals surface area contributed by atoms with E-state index in [1.165, 1.54) is 6.92 Å². The maximum absolute atomic E-state index is 11.4. The van der Waals surface area contributed by atoms with Gasteiger partial charge in [0.15, 0.2) is 0 Å². The highest BCUT2D eigenvalue weighted by atomic mass is 16.5. The molecule has 18 heavy (non-hydrogen) atoms. The zero-order valence-electron chi connectivity index (χ0n) is 10.4. The van der Waals surface area contributed by atoms with Crippen LogP contribution in [0, 0.1) is 5.92 Å². The lowest BCUT2D eigenvalue weighted by Crippen LogP contribution is -2.40. The molecule has 0 spiro atoms. The minimum Gasteiger partial charge on any atom is -0.481 e. The minimum atomic E-state index is -0.953. The molecule has 0 aliphatic rings. The van der Waals surface area contributed by atoms with Crippen molar-refractivity contribution in [3.05, 3.63) is 35.9 Å². The van der Waals surface area contributed by atoms with E-state index < -0.39 is 24.0 Å². The van der Waals surface area contributed by atoms with Crippen LogP contribution in [0.25, 0.3) is 0 Å². The van der Waals surface area contributed by atoms with Crippen molar-refractivity contribution in [2.24, 2.45) is 5.92 Å². The average Bonchev–Trinajstić information content (AvgIpc) is 2.36. The lowest BCUT2D eigenvalue weighted by Gasteiger charge is -2.17. The van der Waals surface area contributed by atoms with Gasteiger partial charge in [-0.2, -0.15) is 0 Å². The predicted molar refractivity (Wildman–Crippen MR) is 66.0 cm³/mol. The Morgan fingerprint density at radius 2 is 1.89 bits per heavy atom. The standard InChI is InChI=1S/C13H17NO4/c1-9(12(15)16)10(2)14-13(17)18-8-11-6-4-3-5-7-11/h3-7,9-10H,8H2,1-2H3,(H,14,17)(H,15,16)/t9-,10+/m0/s1. The van der Waals surface area contributed by atoms with Crippen molar-refractivity contribution in [1.82, 2.24) is 5.32 Å². The Morgan fingerprint density at radius 3 is 2.44 bits per heavy atom. The fourth-order valence-electron chi connectivity index (χ4n) is 1.29. The van der Waals surface area contributed by atoms with Crippen LogP contribution in [0.15, 0.2) is 30.3 Å². The van der Waals surface area contributed by atoms with E-state index in [4.69, 9.17) is 9.84 Å². The number of ether oxygens (including phenoxy) is 1. The quantitative estimate of drug-likeness (QED) is 0.839. The van der Waals surface area contributed by atoms with Gasteiger partial charge in [0, 0.05) is 6.04 Å². The number of carbonyl (C=O) groups is 2. The van der Waals surface area contributed by atoms with E-state index in [1.54, 1.807) is 6.92 Å². The Morgan fingerprint density at radius 1 is 1.28 bits per heavy atom. The molecule has 0 saturated heterocycles. The fraction of sp³-hybridized carbons (Fsp3) is 0.385. The minimum absolute atomic E-state index is 0.168. The van der Waals surface area contributed by atoms with Crippen molar-refractivity contribution in [3.8, 4) is 0 Å². The molecule has 0 fully saturated rings. The maximum atomic E-state index is 11.4. The summed E-state index contributed by atoms with van der Waals surface area (Å²) in [6.45, 7) is 3.33. The first-order valence-electron chi connectivity index (χ1n) is 5.70. The zero-order valence-corrected chi connectivity index (χ0v) is 10.4. The number of carboxylic acid groups (broad SMARTS) is 1. The summed E-state index contributed by atoms with van der Waals surface area (Å²) in [5.41, 5.74) is 0.881. The van der Waals surface area contributed by atoms with E-state index in [0.29, 0.717) is 0 Å². The molecule has 0 aliphatic heterocycles. The van der Waals surface area contributed by atoms with Gasteiger partial charge in [0.25, 0.3) is 0 Å². The molecule has 2 atom stereocenters. The lowest BCUT2D eigenvalue weighted by molar-refractivity contribution is -0.141. The molecule has 1 rings (SSSR count). The highest BCUT2D eigenvalue weighted by Crippen LogP contribution is 2.04. The Balaban J connectivity index is 2.36. The van der Waals surface area contributed by atoms with Crippen molar-refractivity contribution < 1.29 is 19.4 Å². The molecular weight excluding hydrogens is 234 g/mol. The summed E-state index contributed by atoms with van der Waals surface area (Å²) in [4.78, 5) is 22.1. The van der Waals surface area contributed by atoms with E-state index in [1.807, 2.05) is 30.3 Å². The molecule has 2 N–H and O–H groups in total. The summed E-state index contributed by atoms with van der Waals surface area (Å²) in [7, 11) is 0. The summed E-state index contributed by atoms with van der Waals surface area (Å²) >= 11 is 0. The molecule has 0 heterocycles. The van der Waals surface area contributed by atoms with Crippen molar-refractivity contribution in [3.63, 3.8) is 0 Å². The molecular formula is C13H17NO4. The first-order valence-corrected chi connectivity index (χ1v) is 5.70. The Bertz CT molecular complexity index is 405. The van der Waals surface area contributed by atoms with E-state index >= 15 is 0 Å². The van der Waals surface area contributed by atoms with Crippen molar-refractivity contribution in [2.75, 3.05) is 0 Å². The second-order valence-corrected chi connectivity index (χ2v) is 4.12. The molecule has 5 nitrogen and oxygen atoms in total. The third-order valence-corrected chi connectivity index (χ3v) is 2.70. The van der Waals surface area contributed by atoms with Crippen LogP contribution in [0.4, 0.5) is 4.79 Å². The molecule has 0 aromatic heterocycles. The lowest BCUT2D eigenvalue weighted by atomic mass is 10.1. The van der Waals surface area contributed by atoms with Crippen LogP contribution in [-0.2, 0) is 16.1 Å². The average molecular weight is 251 g/mol. The number of amides is 1. The number of carboxylic acids is 1. The Hall–Kier alpha value is -2.04. The number of carbonyl (C=O) groups excluding carboxylic acids is 1. The van der Waals surface area contributed by atoms with Crippen LogP contribution in [-0.4, -0.2) is 23.2 Å². The number of nitrogens with one attached hydrogen (secondary N) is 1. The first kappa shape index (κ1) is 14.0. The second-order valence-electron chi connectivity index (χ2n) is 4.12. The molecule has 1 aromatic rings. The molecule has 0 aliphatic carbocycles. The van der Waals surface area contributed by atoms with Crippen LogP contribution in [0.1, 0.15) is 19.4 Å². The molecule has 0 saturated carbocycles. The first-order chi connectivity index (χ1) is 8.50. The van der Waals surface area contributed by atoms with Crippen LogP contribution in [0.2, 0.25) is 0 Å². The van der Waals surface area contributed by atoms with Crippen LogP contribution >= 0.6 is 0 Å². The van der Waals surface area contributed by atoms with Crippen molar-refractivity contribution in [2.45, 2.75) is 26.5 Å². The number of rotatable bonds is 5. The predicted octanol–water partition coefficient (Wildman–Crippen LogP) is 2.02. The second kappa shape index (κ2) is 6.64. The van der Waals surface area contributed by atoms with Gasteiger partial charge in [-0.05, 0) is 19.4 Å². The van der Waals surface area contributed by atoms with Gasteiger partial charge in [-0.1, -0.05) is 30.3 Å². The number of alkyl carbamates (subject to hydrolysis) is 1. The fourth-order valence-corrected chi connectivity index (χ4v) is 1.29. The Kier molecular flexibility index (Phi) is 5.17. The van der Waals surface area contributed by atoms with E-state index in [2.05, 4.69) is 5.32 Å². The molecule has 98 valence electrons. The number of hydrogen-bond acceptors (Lipinski definition) is 3. The van der Waals surface area contributed by atoms with Crippen LogP contribution in [0.5, 0.6) is 0 Å². The topological polar surface area (TPSA) is 75.6 Å². The molecule has 0 radical (unpaired) electrons. The highest BCUT2D eigenvalue weighted by Gasteiger charge is 2.21. The number of hydrogen-bond donors (Lipinski definition) is 2. The molecule has 5 heteroatoms. The van der Waals surface area contributed by atoms with E-state index in [0.717, 1.165) is 5.56 Å². The van der Waals surface area contributed by atoms with Gasteiger partial charge >= 0.3 is 12.1 Å². The monoisotopic (exact) mass is 251 g/mol. The van der Waals surface area contributed by atoms with Gasteiger partial charge in [-0.15, -0.1) is 0 Å².